The molecule has 0 N–H and O–H groups in total. The zero-order chi connectivity index (χ0) is 24.2. The quantitative estimate of drug-likeness (QED) is 0.608. The van der Waals surface area contributed by atoms with E-state index in [4.69, 9.17) is 0 Å². The lowest BCUT2D eigenvalue weighted by atomic mass is 10.1. The molecule has 2 aliphatic heterocycles. The predicted molar refractivity (Wildman–Crippen MR) is 123 cm³/mol. The van der Waals surface area contributed by atoms with Crippen LogP contribution in [0.5, 0.6) is 0 Å². The number of hydrogen-bond acceptors (Lipinski definition) is 4. The topological polar surface area (TPSA) is 64.2 Å². The Balaban J connectivity index is 1.36. The molecule has 2 saturated heterocycles. The Bertz CT molecular complexity index is 1040. The van der Waals surface area contributed by atoms with Crippen LogP contribution >= 0.6 is 0 Å². The second-order valence-electron chi connectivity index (χ2n) is 8.56. The first-order valence-corrected chi connectivity index (χ1v) is 11.5. The predicted octanol–water partition coefficient (Wildman–Crippen LogP) is 2.26. The second-order valence-corrected chi connectivity index (χ2v) is 8.56. The largest absolute Gasteiger partial charge is 0.368 e. The van der Waals surface area contributed by atoms with E-state index >= 15 is 0 Å². The smallest absolute Gasteiger partial charge is 0.312 e. The Morgan fingerprint density at radius 3 is 2.00 bits per heavy atom. The lowest BCUT2D eigenvalue weighted by Gasteiger charge is -2.41. The molecule has 2 aromatic rings. The summed E-state index contributed by atoms with van der Waals surface area (Å²) in [5, 5.41) is 0. The molecular weight excluding hydrogens is 442 g/mol. The van der Waals surface area contributed by atoms with E-state index in [1.807, 2.05) is 6.92 Å². The molecule has 0 aliphatic carbocycles. The molecule has 0 spiro atoms. The van der Waals surface area contributed by atoms with Crippen molar-refractivity contribution in [1.82, 2.24) is 14.7 Å². The summed E-state index contributed by atoms with van der Waals surface area (Å²) >= 11 is 0. The van der Waals surface area contributed by atoms with E-state index in [1.165, 1.54) is 34.1 Å². The van der Waals surface area contributed by atoms with Gasteiger partial charge in [0.15, 0.2) is 0 Å². The molecule has 0 unspecified atom stereocenters. The van der Waals surface area contributed by atoms with Crippen molar-refractivity contribution in [3.63, 3.8) is 0 Å². The summed E-state index contributed by atoms with van der Waals surface area (Å²) in [6.07, 6.45) is 0.411. The van der Waals surface area contributed by atoms with Crippen LogP contribution in [0.15, 0.2) is 48.5 Å². The first-order chi connectivity index (χ1) is 16.4. The fraction of sp³-hybridized carbons (Fsp3) is 0.400. The molecule has 0 aromatic heterocycles. The Hall–Kier alpha value is -3.49. The minimum atomic E-state index is -0.693. The first-order valence-electron chi connectivity index (χ1n) is 11.5. The molecular formula is C25H28F2N4O3. The molecule has 7 nitrogen and oxygen atoms in total. The molecule has 4 rings (SSSR count). The third-order valence-electron chi connectivity index (χ3n) is 6.46. The molecule has 180 valence electrons. The number of halogens is 2. The van der Waals surface area contributed by atoms with Crippen LogP contribution in [-0.4, -0.2) is 77.7 Å². The van der Waals surface area contributed by atoms with Gasteiger partial charge in [0.2, 0.25) is 5.91 Å². The van der Waals surface area contributed by atoms with Gasteiger partial charge in [0.05, 0.1) is 0 Å². The van der Waals surface area contributed by atoms with Crippen molar-refractivity contribution in [2.24, 2.45) is 0 Å². The maximum atomic E-state index is 13.3. The summed E-state index contributed by atoms with van der Waals surface area (Å²) in [7, 11) is 0. The van der Waals surface area contributed by atoms with Crippen molar-refractivity contribution >= 4 is 23.4 Å². The van der Waals surface area contributed by atoms with Gasteiger partial charge in [-0.15, -0.1) is 0 Å². The second kappa shape index (κ2) is 10.2. The molecule has 0 radical (unpaired) electrons. The van der Waals surface area contributed by atoms with Crippen molar-refractivity contribution in [3.8, 4) is 0 Å². The first kappa shape index (κ1) is 23.7. The van der Waals surface area contributed by atoms with Crippen LogP contribution in [0.3, 0.4) is 0 Å². The number of piperazine rings is 2. The highest BCUT2D eigenvalue weighted by atomic mass is 19.1. The average Bonchev–Trinajstić information content (AvgIpc) is 2.85. The average molecular weight is 471 g/mol. The van der Waals surface area contributed by atoms with Crippen molar-refractivity contribution < 1.29 is 23.2 Å². The maximum absolute atomic E-state index is 13.3. The van der Waals surface area contributed by atoms with E-state index in [0.29, 0.717) is 39.1 Å². The van der Waals surface area contributed by atoms with Crippen LogP contribution in [0.4, 0.5) is 14.5 Å². The fourth-order valence-corrected chi connectivity index (χ4v) is 4.52. The van der Waals surface area contributed by atoms with Gasteiger partial charge in [0.25, 0.3) is 0 Å². The lowest BCUT2D eigenvalue weighted by Crippen LogP contribution is -2.61. The van der Waals surface area contributed by atoms with Gasteiger partial charge in [-0.2, -0.15) is 0 Å². The van der Waals surface area contributed by atoms with E-state index < -0.39 is 17.9 Å². The fourth-order valence-electron chi connectivity index (χ4n) is 4.52. The summed E-state index contributed by atoms with van der Waals surface area (Å²) in [5.74, 6) is -2.14. The zero-order valence-electron chi connectivity index (χ0n) is 19.1. The van der Waals surface area contributed by atoms with Crippen LogP contribution in [-0.2, 0) is 20.9 Å². The molecule has 3 amide bonds. The number of carbonyl (C=O) groups is 3. The Morgan fingerprint density at radius 2 is 1.41 bits per heavy atom. The van der Waals surface area contributed by atoms with Crippen LogP contribution < -0.4 is 4.90 Å². The van der Waals surface area contributed by atoms with Crippen LogP contribution in [0, 0.1) is 11.6 Å². The van der Waals surface area contributed by atoms with Gasteiger partial charge in [-0.1, -0.05) is 19.1 Å². The molecule has 0 bridgehead atoms. The number of hydrogen-bond donors (Lipinski definition) is 0. The van der Waals surface area contributed by atoms with Crippen molar-refractivity contribution in [2.75, 3.05) is 44.2 Å². The summed E-state index contributed by atoms with van der Waals surface area (Å²) in [4.78, 5) is 45.6. The Morgan fingerprint density at radius 1 is 0.824 bits per heavy atom. The molecule has 0 saturated carbocycles. The van der Waals surface area contributed by atoms with E-state index in [9.17, 15) is 23.2 Å². The van der Waals surface area contributed by atoms with Crippen molar-refractivity contribution in [3.05, 3.63) is 65.7 Å². The van der Waals surface area contributed by atoms with Gasteiger partial charge in [0, 0.05) is 51.5 Å². The van der Waals surface area contributed by atoms with Gasteiger partial charge >= 0.3 is 11.8 Å². The standard InChI is InChI=1S/C25H28F2N4O3/c1-2-22(23(32)29-13-11-28(12-14-29)21-9-7-20(27)8-10-21)31-16-15-30(24(33)25(31)34)17-18-3-5-19(26)6-4-18/h3-10,22H,2,11-17H2,1H3/t22-/m0/s1. The van der Waals surface area contributed by atoms with Gasteiger partial charge in [-0.25, -0.2) is 8.78 Å². The summed E-state index contributed by atoms with van der Waals surface area (Å²) in [6, 6.07) is 11.4. The molecule has 2 heterocycles. The Kier molecular flexibility index (Phi) is 7.09. The number of rotatable bonds is 6. The Labute approximate surface area is 197 Å². The number of nitrogens with zero attached hydrogens (tertiary/aromatic N) is 4. The third-order valence-corrected chi connectivity index (χ3v) is 6.46. The third kappa shape index (κ3) is 5.03. The van der Waals surface area contributed by atoms with Gasteiger partial charge in [0.1, 0.15) is 17.7 Å². The SMILES string of the molecule is CC[C@@H](C(=O)N1CCN(c2ccc(F)cc2)CC1)N1CCN(Cc2ccc(F)cc2)C(=O)C1=O. The lowest BCUT2D eigenvalue weighted by molar-refractivity contribution is -0.161. The maximum Gasteiger partial charge on any atom is 0.312 e. The molecule has 1 atom stereocenters. The van der Waals surface area contributed by atoms with Crippen molar-refractivity contribution in [2.45, 2.75) is 25.9 Å². The van der Waals surface area contributed by atoms with Gasteiger partial charge < -0.3 is 19.6 Å². The highest BCUT2D eigenvalue weighted by Gasteiger charge is 2.40. The van der Waals surface area contributed by atoms with Crippen LogP contribution in [0.2, 0.25) is 0 Å². The number of amides is 3. The van der Waals surface area contributed by atoms with Gasteiger partial charge in [-0.3, -0.25) is 14.4 Å². The molecule has 34 heavy (non-hydrogen) atoms. The monoisotopic (exact) mass is 470 g/mol. The molecule has 9 heteroatoms. The minimum absolute atomic E-state index is 0.158. The zero-order valence-corrected chi connectivity index (χ0v) is 19.1. The molecule has 2 fully saturated rings. The number of anilines is 1. The van der Waals surface area contributed by atoms with E-state index in [0.717, 1.165) is 11.3 Å². The summed E-state index contributed by atoms with van der Waals surface area (Å²) in [5.41, 5.74) is 1.64. The molecule has 2 aliphatic rings. The highest BCUT2D eigenvalue weighted by Crippen LogP contribution is 2.20. The molecule has 2 aromatic carbocycles. The minimum Gasteiger partial charge on any atom is -0.368 e. The normalized spacial score (nSPS) is 17.9. The van der Waals surface area contributed by atoms with Crippen molar-refractivity contribution in [1.29, 1.82) is 0 Å². The van der Waals surface area contributed by atoms with E-state index in [2.05, 4.69) is 4.90 Å². The van der Waals surface area contributed by atoms with E-state index in [1.54, 1.807) is 29.2 Å². The van der Waals surface area contributed by atoms with Gasteiger partial charge in [-0.05, 0) is 48.4 Å². The highest BCUT2D eigenvalue weighted by molar-refractivity contribution is 6.35. The van der Waals surface area contributed by atoms with Crippen LogP contribution in [0.25, 0.3) is 0 Å². The summed E-state index contributed by atoms with van der Waals surface area (Å²) in [6.45, 7) is 4.81. The van der Waals surface area contributed by atoms with Crippen LogP contribution in [0.1, 0.15) is 18.9 Å². The number of carbonyl (C=O) groups excluding carboxylic acids is 3. The van der Waals surface area contributed by atoms with E-state index in [-0.39, 0.29) is 30.6 Å². The summed E-state index contributed by atoms with van der Waals surface area (Å²) < 4.78 is 26.3. The number of benzene rings is 2.